The lowest BCUT2D eigenvalue weighted by Crippen LogP contribution is -2.28. The lowest BCUT2D eigenvalue weighted by Gasteiger charge is -2.10. The van der Waals surface area contributed by atoms with Crippen molar-refractivity contribution in [1.29, 1.82) is 0 Å². The summed E-state index contributed by atoms with van der Waals surface area (Å²) < 4.78 is 33.9. The van der Waals surface area contributed by atoms with E-state index in [4.69, 9.17) is 9.15 Å². The zero-order chi connectivity index (χ0) is 12.8. The Morgan fingerprint density at radius 2 is 2.33 bits per heavy atom. The Kier molecular flexibility index (Phi) is 4.79. The van der Waals surface area contributed by atoms with E-state index in [2.05, 4.69) is 5.32 Å². The van der Waals surface area contributed by atoms with E-state index < -0.39 is 9.84 Å². The molecule has 1 aromatic heterocycles. The fourth-order valence-electron chi connectivity index (χ4n) is 2.00. The van der Waals surface area contributed by atoms with Crippen LogP contribution in [0.2, 0.25) is 0 Å². The Bertz CT molecular complexity index is 435. The molecule has 0 aliphatic carbocycles. The quantitative estimate of drug-likeness (QED) is 0.750. The van der Waals surface area contributed by atoms with Crippen molar-refractivity contribution in [1.82, 2.24) is 5.32 Å². The van der Waals surface area contributed by atoms with Crippen LogP contribution < -0.4 is 5.32 Å². The molecule has 0 spiro atoms. The number of hydrogen-bond donors (Lipinski definition) is 1. The second-order valence-corrected chi connectivity index (χ2v) is 6.79. The van der Waals surface area contributed by atoms with Crippen LogP contribution in [0, 0.1) is 0 Å². The molecule has 102 valence electrons. The third-order valence-electron chi connectivity index (χ3n) is 2.96. The molecule has 0 aromatic carbocycles. The predicted octanol–water partition coefficient (Wildman–Crippen LogP) is 0.963. The third-order valence-corrected chi connectivity index (χ3v) is 4.67. The minimum atomic E-state index is -3.02. The van der Waals surface area contributed by atoms with Gasteiger partial charge in [-0.05, 0) is 18.9 Å². The van der Waals surface area contributed by atoms with Gasteiger partial charge in [-0.15, -0.1) is 0 Å². The van der Waals surface area contributed by atoms with Crippen molar-refractivity contribution < 1.29 is 17.6 Å². The van der Waals surface area contributed by atoms with Gasteiger partial charge in [-0.1, -0.05) is 0 Å². The highest BCUT2D eigenvalue weighted by molar-refractivity contribution is 7.91. The zero-order valence-corrected chi connectivity index (χ0v) is 11.1. The largest absolute Gasteiger partial charge is 0.472 e. The molecule has 1 aromatic rings. The minimum Gasteiger partial charge on any atom is -0.472 e. The topological polar surface area (TPSA) is 68.5 Å². The molecular weight excluding hydrogens is 254 g/mol. The van der Waals surface area contributed by atoms with E-state index in [1.54, 1.807) is 12.5 Å². The second kappa shape index (κ2) is 6.36. The number of sulfone groups is 1. The van der Waals surface area contributed by atoms with E-state index in [-0.39, 0.29) is 17.6 Å². The van der Waals surface area contributed by atoms with E-state index in [0.717, 1.165) is 18.4 Å². The molecule has 1 aliphatic heterocycles. The average molecular weight is 273 g/mol. The van der Waals surface area contributed by atoms with Crippen molar-refractivity contribution in [2.45, 2.75) is 25.5 Å². The normalized spacial score (nSPS) is 20.3. The van der Waals surface area contributed by atoms with E-state index in [0.29, 0.717) is 19.7 Å². The molecule has 0 bridgehead atoms. The van der Waals surface area contributed by atoms with Crippen LogP contribution in [0.3, 0.4) is 0 Å². The summed E-state index contributed by atoms with van der Waals surface area (Å²) in [6.45, 7) is 1.78. The minimum absolute atomic E-state index is 0.0936. The molecule has 1 fully saturated rings. The molecule has 2 heterocycles. The molecule has 2 rings (SSSR count). The third kappa shape index (κ3) is 4.44. The molecule has 1 atom stereocenters. The van der Waals surface area contributed by atoms with Crippen LogP contribution in [0.1, 0.15) is 18.4 Å². The zero-order valence-electron chi connectivity index (χ0n) is 10.3. The predicted molar refractivity (Wildman–Crippen MR) is 68.0 cm³/mol. The molecule has 1 saturated heterocycles. The van der Waals surface area contributed by atoms with Crippen molar-refractivity contribution in [2.24, 2.45) is 0 Å². The summed E-state index contributed by atoms with van der Waals surface area (Å²) in [5.74, 6) is 0.311. The summed E-state index contributed by atoms with van der Waals surface area (Å²) in [6.07, 6.45) is 4.99. The second-order valence-electron chi connectivity index (χ2n) is 4.56. The van der Waals surface area contributed by atoms with Gasteiger partial charge >= 0.3 is 0 Å². The van der Waals surface area contributed by atoms with Gasteiger partial charge in [0.15, 0.2) is 9.84 Å². The Morgan fingerprint density at radius 1 is 1.44 bits per heavy atom. The summed E-state index contributed by atoms with van der Waals surface area (Å²) in [5.41, 5.74) is 1.02. The van der Waals surface area contributed by atoms with Crippen LogP contribution in [0.25, 0.3) is 0 Å². The summed E-state index contributed by atoms with van der Waals surface area (Å²) in [6, 6.07) is 1.86. The molecule has 1 N–H and O–H groups in total. The highest BCUT2D eigenvalue weighted by Crippen LogP contribution is 2.14. The molecule has 5 nitrogen and oxygen atoms in total. The SMILES string of the molecule is O=S(=O)(CCNCc1ccoc1)CC1CCCO1. The molecule has 6 heteroatoms. The van der Waals surface area contributed by atoms with E-state index >= 15 is 0 Å². The molecule has 1 aliphatic rings. The van der Waals surface area contributed by atoms with Crippen molar-refractivity contribution in [3.8, 4) is 0 Å². The number of rotatable bonds is 7. The van der Waals surface area contributed by atoms with E-state index in [1.165, 1.54) is 0 Å². The molecule has 18 heavy (non-hydrogen) atoms. The Balaban J connectivity index is 1.65. The van der Waals surface area contributed by atoms with Gasteiger partial charge in [0.1, 0.15) is 0 Å². The van der Waals surface area contributed by atoms with Crippen molar-refractivity contribution >= 4 is 9.84 Å². The lowest BCUT2D eigenvalue weighted by molar-refractivity contribution is 0.127. The van der Waals surface area contributed by atoms with Crippen LogP contribution in [0.5, 0.6) is 0 Å². The fourth-order valence-corrected chi connectivity index (χ4v) is 3.45. The standard InChI is InChI=1S/C12H19NO4S/c14-18(15,10-12-2-1-5-17-12)7-4-13-8-11-3-6-16-9-11/h3,6,9,12-13H,1-2,4-5,7-8,10H2. The van der Waals surface area contributed by atoms with Gasteiger partial charge in [-0.25, -0.2) is 8.42 Å². The van der Waals surface area contributed by atoms with Crippen molar-refractivity contribution in [3.05, 3.63) is 24.2 Å². The highest BCUT2D eigenvalue weighted by Gasteiger charge is 2.22. The van der Waals surface area contributed by atoms with Gasteiger partial charge in [0.05, 0.1) is 30.1 Å². The number of furan rings is 1. The van der Waals surface area contributed by atoms with Gasteiger partial charge < -0.3 is 14.5 Å². The van der Waals surface area contributed by atoms with E-state index in [9.17, 15) is 8.42 Å². The van der Waals surface area contributed by atoms with Crippen LogP contribution in [-0.2, 0) is 21.1 Å². The Morgan fingerprint density at radius 3 is 3.00 bits per heavy atom. The first-order valence-corrected chi connectivity index (χ1v) is 8.02. The fraction of sp³-hybridized carbons (Fsp3) is 0.667. The van der Waals surface area contributed by atoms with Gasteiger partial charge in [-0.3, -0.25) is 0 Å². The molecule has 0 amide bonds. The van der Waals surface area contributed by atoms with Gasteiger partial charge in [-0.2, -0.15) is 0 Å². The van der Waals surface area contributed by atoms with Crippen molar-refractivity contribution in [2.75, 3.05) is 24.7 Å². The first-order chi connectivity index (χ1) is 8.66. The smallest absolute Gasteiger partial charge is 0.154 e. The van der Waals surface area contributed by atoms with Crippen LogP contribution in [0.4, 0.5) is 0 Å². The number of hydrogen-bond acceptors (Lipinski definition) is 5. The monoisotopic (exact) mass is 273 g/mol. The van der Waals surface area contributed by atoms with Gasteiger partial charge in [0.2, 0.25) is 0 Å². The lowest BCUT2D eigenvalue weighted by atomic mass is 10.3. The maximum Gasteiger partial charge on any atom is 0.154 e. The van der Waals surface area contributed by atoms with Crippen LogP contribution in [-0.4, -0.2) is 39.2 Å². The summed E-state index contributed by atoms with van der Waals surface area (Å²) >= 11 is 0. The molecular formula is C12H19NO4S. The van der Waals surface area contributed by atoms with Crippen LogP contribution in [0.15, 0.2) is 23.0 Å². The Labute approximate surface area is 107 Å². The average Bonchev–Trinajstić information content (AvgIpc) is 2.96. The molecule has 0 radical (unpaired) electrons. The van der Waals surface area contributed by atoms with E-state index in [1.807, 2.05) is 6.07 Å². The molecule has 1 unspecified atom stereocenters. The molecule has 0 saturated carbocycles. The van der Waals surface area contributed by atoms with Crippen molar-refractivity contribution in [3.63, 3.8) is 0 Å². The summed E-state index contributed by atoms with van der Waals surface area (Å²) in [4.78, 5) is 0. The maximum absolute atomic E-state index is 11.8. The Hall–Kier alpha value is -0.850. The van der Waals surface area contributed by atoms with Gasteiger partial charge in [0, 0.05) is 25.3 Å². The van der Waals surface area contributed by atoms with Crippen LogP contribution >= 0.6 is 0 Å². The highest BCUT2D eigenvalue weighted by atomic mass is 32.2. The first kappa shape index (κ1) is 13.6. The number of ether oxygens (including phenoxy) is 1. The first-order valence-electron chi connectivity index (χ1n) is 6.19. The number of nitrogens with one attached hydrogen (secondary N) is 1. The maximum atomic E-state index is 11.8. The summed E-state index contributed by atoms with van der Waals surface area (Å²) in [7, 11) is -3.02. The van der Waals surface area contributed by atoms with Gasteiger partial charge in [0.25, 0.3) is 0 Å². The summed E-state index contributed by atoms with van der Waals surface area (Å²) in [5, 5.41) is 3.09.